The van der Waals surface area contributed by atoms with Gasteiger partial charge < -0.3 is 15.4 Å². The van der Waals surface area contributed by atoms with Crippen molar-refractivity contribution < 1.29 is 19.2 Å². The summed E-state index contributed by atoms with van der Waals surface area (Å²) in [5.41, 5.74) is 1.80. The van der Waals surface area contributed by atoms with Crippen LogP contribution in [0.1, 0.15) is 52.0 Å². The number of carbonyl (C=O) groups excluding carboxylic acids is 4. The number of benzene rings is 1. The number of fused-ring (bicyclic) bond motifs is 1. The average Bonchev–Trinajstić information content (AvgIpc) is 3.37. The van der Waals surface area contributed by atoms with Gasteiger partial charge in [0.25, 0.3) is 11.8 Å². The smallest absolute Gasteiger partial charge is 0.264 e. The van der Waals surface area contributed by atoms with Gasteiger partial charge in [-0.15, -0.1) is 6.42 Å². The monoisotopic (exact) mass is 435 g/mol. The molecule has 1 unspecified atom stereocenters. The molecule has 2 aromatic rings. The van der Waals surface area contributed by atoms with Crippen molar-refractivity contribution in [2.24, 2.45) is 0 Å². The van der Waals surface area contributed by atoms with Gasteiger partial charge in [0, 0.05) is 38.4 Å². The van der Waals surface area contributed by atoms with E-state index in [-0.39, 0.29) is 29.9 Å². The highest BCUT2D eigenvalue weighted by Crippen LogP contribution is 2.31. The van der Waals surface area contributed by atoms with Crippen molar-refractivity contribution in [3.63, 3.8) is 0 Å². The highest BCUT2D eigenvalue weighted by Gasteiger charge is 2.41. The minimum atomic E-state index is -0.991. The van der Waals surface area contributed by atoms with Gasteiger partial charge in [-0.2, -0.15) is 5.10 Å². The summed E-state index contributed by atoms with van der Waals surface area (Å²) in [7, 11) is 1.49. The highest BCUT2D eigenvalue weighted by molar-refractivity contribution is 6.24. The molecule has 0 saturated heterocycles. The molecular formula is C23H25N5O4. The Morgan fingerprint density at radius 1 is 1.28 bits per heavy atom. The first-order valence-electron chi connectivity index (χ1n) is 10.4. The van der Waals surface area contributed by atoms with Crippen molar-refractivity contribution in [1.82, 2.24) is 20.0 Å². The molecule has 32 heavy (non-hydrogen) atoms. The molecule has 1 aromatic heterocycles. The fourth-order valence-electron chi connectivity index (χ4n) is 3.60. The Hall–Kier alpha value is -3.93. The summed E-state index contributed by atoms with van der Waals surface area (Å²) in [5, 5.41) is 9.87. The molecule has 0 aliphatic carbocycles. The van der Waals surface area contributed by atoms with Crippen LogP contribution < -0.4 is 10.6 Å². The maximum Gasteiger partial charge on any atom is 0.264 e. The third-order valence-electron chi connectivity index (χ3n) is 5.31. The van der Waals surface area contributed by atoms with Crippen molar-refractivity contribution in [3.8, 4) is 12.3 Å². The quantitative estimate of drug-likeness (QED) is 0.239. The van der Waals surface area contributed by atoms with Gasteiger partial charge in [0.15, 0.2) is 0 Å². The number of hydrogen-bond acceptors (Lipinski definition) is 6. The summed E-state index contributed by atoms with van der Waals surface area (Å²) in [4.78, 5) is 49.9. The number of aldehydes is 1. The SMILES string of the molecule is C#Cc1cnn(CCCCNc2cccc3c2C(=O)N(C(C=O)CCC(=O)NC)C3=O)c1. The molecule has 0 fully saturated rings. The molecule has 9 nitrogen and oxygen atoms in total. The van der Waals surface area contributed by atoms with E-state index >= 15 is 0 Å². The Labute approximate surface area is 186 Å². The van der Waals surface area contributed by atoms with Crippen LogP contribution in [0.2, 0.25) is 0 Å². The van der Waals surface area contributed by atoms with E-state index in [1.807, 2.05) is 6.20 Å². The third kappa shape index (κ3) is 4.86. The fraction of sp³-hybridized carbons (Fsp3) is 0.348. The van der Waals surface area contributed by atoms with E-state index in [0.29, 0.717) is 25.1 Å². The number of aryl methyl sites for hydroxylation is 1. The lowest BCUT2D eigenvalue weighted by Gasteiger charge is -2.21. The molecule has 166 valence electrons. The van der Waals surface area contributed by atoms with E-state index in [4.69, 9.17) is 6.42 Å². The van der Waals surface area contributed by atoms with Crippen molar-refractivity contribution in [2.75, 3.05) is 18.9 Å². The Bertz CT molecular complexity index is 1070. The summed E-state index contributed by atoms with van der Waals surface area (Å²) < 4.78 is 1.79. The second-order valence-electron chi connectivity index (χ2n) is 7.39. The molecule has 1 aliphatic heterocycles. The molecule has 1 aromatic carbocycles. The molecule has 0 spiro atoms. The molecule has 3 rings (SSSR count). The molecule has 0 saturated carbocycles. The van der Waals surface area contributed by atoms with Crippen LogP contribution in [-0.4, -0.2) is 58.3 Å². The first-order valence-corrected chi connectivity index (χ1v) is 10.4. The van der Waals surface area contributed by atoms with Crippen molar-refractivity contribution in [1.29, 1.82) is 0 Å². The number of anilines is 1. The first kappa shape index (κ1) is 22.7. The number of terminal acetylenes is 1. The topological polar surface area (TPSA) is 113 Å². The van der Waals surface area contributed by atoms with Gasteiger partial charge in [0.05, 0.1) is 28.9 Å². The van der Waals surface area contributed by atoms with E-state index < -0.39 is 17.9 Å². The Morgan fingerprint density at radius 3 is 2.78 bits per heavy atom. The maximum atomic E-state index is 13.0. The zero-order valence-corrected chi connectivity index (χ0v) is 17.8. The van der Waals surface area contributed by atoms with E-state index in [9.17, 15) is 19.2 Å². The van der Waals surface area contributed by atoms with Gasteiger partial charge in [-0.1, -0.05) is 12.0 Å². The van der Waals surface area contributed by atoms with Gasteiger partial charge in [0.2, 0.25) is 5.91 Å². The van der Waals surface area contributed by atoms with Crippen LogP contribution in [0, 0.1) is 12.3 Å². The molecule has 2 heterocycles. The van der Waals surface area contributed by atoms with Crippen molar-refractivity contribution in [3.05, 3.63) is 47.3 Å². The average molecular weight is 435 g/mol. The lowest BCUT2D eigenvalue weighted by molar-refractivity contribution is -0.121. The number of rotatable bonds is 11. The van der Waals surface area contributed by atoms with Crippen LogP contribution in [0.4, 0.5) is 5.69 Å². The standard InChI is InChI=1S/C23H25N5O4/c1-3-16-13-26-27(14-16)12-5-4-11-25-19-8-6-7-18-21(19)23(32)28(22(18)31)17(15-29)9-10-20(30)24-2/h1,6-8,13-15,17,25H,4-5,9-12H2,2H3,(H,24,30). The third-order valence-corrected chi connectivity index (χ3v) is 5.31. The number of imide groups is 1. The molecule has 1 aliphatic rings. The molecule has 1 atom stereocenters. The van der Waals surface area contributed by atoms with Gasteiger partial charge in [-0.25, -0.2) is 0 Å². The number of aromatic nitrogens is 2. The molecule has 2 N–H and O–H groups in total. The van der Waals surface area contributed by atoms with E-state index in [1.54, 1.807) is 29.1 Å². The second-order valence-corrected chi connectivity index (χ2v) is 7.39. The highest BCUT2D eigenvalue weighted by atomic mass is 16.2. The molecule has 3 amide bonds. The molecule has 9 heteroatoms. The zero-order valence-electron chi connectivity index (χ0n) is 17.8. The van der Waals surface area contributed by atoms with E-state index in [2.05, 4.69) is 21.7 Å². The van der Waals surface area contributed by atoms with E-state index in [1.165, 1.54) is 7.05 Å². The Morgan fingerprint density at radius 2 is 2.09 bits per heavy atom. The molecule has 0 radical (unpaired) electrons. The van der Waals surface area contributed by atoms with Crippen LogP contribution in [0.3, 0.4) is 0 Å². The van der Waals surface area contributed by atoms with Crippen LogP contribution in [-0.2, 0) is 16.1 Å². The minimum absolute atomic E-state index is 0.0392. The lowest BCUT2D eigenvalue weighted by atomic mass is 10.1. The number of nitrogens with zero attached hydrogens (tertiary/aromatic N) is 3. The zero-order chi connectivity index (χ0) is 23.1. The number of unbranched alkanes of at least 4 members (excludes halogenated alkanes) is 1. The van der Waals surface area contributed by atoms with Crippen LogP contribution in [0.25, 0.3) is 0 Å². The Kier molecular flexibility index (Phi) is 7.39. The van der Waals surface area contributed by atoms with Crippen LogP contribution >= 0.6 is 0 Å². The minimum Gasteiger partial charge on any atom is -0.384 e. The van der Waals surface area contributed by atoms with Gasteiger partial charge in [-0.05, 0) is 31.4 Å². The van der Waals surface area contributed by atoms with Crippen LogP contribution in [0.5, 0.6) is 0 Å². The summed E-state index contributed by atoms with van der Waals surface area (Å²) in [6.07, 6.45) is 11.1. The van der Waals surface area contributed by atoms with Gasteiger partial charge in [0.1, 0.15) is 6.29 Å². The first-order chi connectivity index (χ1) is 15.5. The molecular weight excluding hydrogens is 410 g/mol. The predicted octanol–water partition coefficient (Wildman–Crippen LogP) is 1.45. The predicted molar refractivity (Wildman–Crippen MR) is 118 cm³/mol. The normalized spacial score (nSPS) is 13.4. The van der Waals surface area contributed by atoms with Gasteiger partial charge >= 0.3 is 0 Å². The van der Waals surface area contributed by atoms with Gasteiger partial charge in [-0.3, -0.25) is 24.0 Å². The largest absolute Gasteiger partial charge is 0.384 e. The lowest BCUT2D eigenvalue weighted by Crippen LogP contribution is -2.41. The van der Waals surface area contributed by atoms with E-state index in [0.717, 1.165) is 23.3 Å². The fourth-order valence-corrected chi connectivity index (χ4v) is 3.60. The number of carbonyl (C=O) groups is 4. The van der Waals surface area contributed by atoms with Crippen LogP contribution in [0.15, 0.2) is 30.6 Å². The Balaban J connectivity index is 1.61. The summed E-state index contributed by atoms with van der Waals surface area (Å²) >= 11 is 0. The summed E-state index contributed by atoms with van der Waals surface area (Å²) in [6.45, 7) is 1.31. The summed E-state index contributed by atoms with van der Waals surface area (Å²) in [6, 6.07) is 4.01. The second kappa shape index (κ2) is 10.4. The number of nitrogens with one attached hydrogen (secondary N) is 2. The molecule has 0 bridgehead atoms. The maximum absolute atomic E-state index is 13.0. The van der Waals surface area contributed by atoms with Crippen molar-refractivity contribution in [2.45, 2.75) is 38.3 Å². The summed E-state index contributed by atoms with van der Waals surface area (Å²) in [5.74, 6) is 1.22. The number of hydrogen-bond donors (Lipinski definition) is 2. The number of amides is 3. The van der Waals surface area contributed by atoms with Crippen molar-refractivity contribution >= 4 is 29.7 Å².